The molecule has 1 aromatic rings. The molecule has 0 aliphatic carbocycles. The highest BCUT2D eigenvalue weighted by molar-refractivity contribution is 5.85. The number of amides is 1. The molecule has 0 bridgehead atoms. The third-order valence-corrected chi connectivity index (χ3v) is 2.89. The monoisotopic (exact) mass is 338 g/mol. The molecule has 0 unspecified atom stereocenters. The summed E-state index contributed by atoms with van der Waals surface area (Å²) in [5.74, 6) is 1.52. The van der Waals surface area contributed by atoms with Gasteiger partial charge in [-0.05, 0) is 13.0 Å². The van der Waals surface area contributed by atoms with Gasteiger partial charge in [-0.15, -0.1) is 24.8 Å². The molecule has 0 saturated carbocycles. The molecule has 1 rings (SSSR count). The Morgan fingerprint density at radius 2 is 2.00 bits per heavy atom. The van der Waals surface area contributed by atoms with E-state index in [0.717, 1.165) is 25.3 Å². The lowest BCUT2D eigenvalue weighted by molar-refractivity contribution is -0.121. The van der Waals surface area contributed by atoms with Crippen LogP contribution < -0.4 is 10.6 Å². The van der Waals surface area contributed by atoms with Crippen molar-refractivity contribution < 1.29 is 4.79 Å². The average Bonchev–Trinajstić information content (AvgIpc) is 2.84. The highest BCUT2D eigenvalue weighted by Gasteiger charge is 2.08. The van der Waals surface area contributed by atoms with Crippen molar-refractivity contribution in [1.29, 1.82) is 0 Å². The number of aromatic nitrogens is 2. The first-order chi connectivity index (χ1) is 9.15. The minimum Gasteiger partial charge on any atom is -0.355 e. The molecule has 0 aliphatic rings. The van der Waals surface area contributed by atoms with Gasteiger partial charge in [0.05, 0.1) is 0 Å². The van der Waals surface area contributed by atoms with E-state index in [1.54, 1.807) is 6.20 Å². The summed E-state index contributed by atoms with van der Waals surface area (Å²) in [6, 6.07) is 0. The van der Waals surface area contributed by atoms with Gasteiger partial charge in [-0.25, -0.2) is 4.98 Å². The number of rotatable bonds is 9. The number of hydrogen-bond donors (Lipinski definition) is 2. The fourth-order valence-electron chi connectivity index (χ4n) is 1.91. The van der Waals surface area contributed by atoms with Crippen LogP contribution in [0.4, 0.5) is 0 Å². The van der Waals surface area contributed by atoms with E-state index >= 15 is 0 Å². The van der Waals surface area contributed by atoms with Gasteiger partial charge in [0.1, 0.15) is 5.82 Å². The molecule has 0 aliphatic heterocycles. The summed E-state index contributed by atoms with van der Waals surface area (Å²) < 4.78 is 2.06. The van der Waals surface area contributed by atoms with Gasteiger partial charge in [-0.2, -0.15) is 0 Å². The highest BCUT2D eigenvalue weighted by Crippen LogP contribution is 2.11. The van der Waals surface area contributed by atoms with Crippen LogP contribution >= 0.6 is 24.8 Å². The van der Waals surface area contributed by atoms with Gasteiger partial charge in [-0.1, -0.05) is 20.8 Å². The Morgan fingerprint density at radius 3 is 2.62 bits per heavy atom. The normalized spacial score (nSPS) is 9.90. The molecule has 1 aromatic heterocycles. The number of hydrogen-bond acceptors (Lipinski definition) is 3. The number of carbonyl (C=O) groups is 1. The lowest BCUT2D eigenvalue weighted by atomic mass is 10.2. The molecule has 5 nitrogen and oxygen atoms in total. The van der Waals surface area contributed by atoms with Crippen molar-refractivity contribution >= 4 is 30.7 Å². The summed E-state index contributed by atoms with van der Waals surface area (Å²) in [5, 5.41) is 6.17. The van der Waals surface area contributed by atoms with Crippen LogP contribution in [0.15, 0.2) is 12.4 Å². The van der Waals surface area contributed by atoms with E-state index in [4.69, 9.17) is 0 Å². The Bertz CT molecular complexity index is 383. The second-order valence-electron chi connectivity index (χ2n) is 4.98. The summed E-state index contributed by atoms with van der Waals surface area (Å²) in [6.07, 6.45) is 5.35. The first kappa shape index (κ1) is 22.5. The van der Waals surface area contributed by atoms with E-state index < -0.39 is 0 Å². The van der Waals surface area contributed by atoms with Crippen LogP contribution in [0, 0.1) is 0 Å². The molecular weight excluding hydrogens is 311 g/mol. The Morgan fingerprint density at radius 1 is 1.29 bits per heavy atom. The largest absolute Gasteiger partial charge is 0.355 e. The summed E-state index contributed by atoms with van der Waals surface area (Å²) >= 11 is 0. The van der Waals surface area contributed by atoms with Crippen molar-refractivity contribution in [3.8, 4) is 0 Å². The van der Waals surface area contributed by atoms with Crippen molar-refractivity contribution in [1.82, 2.24) is 20.2 Å². The summed E-state index contributed by atoms with van der Waals surface area (Å²) in [4.78, 5) is 16.0. The van der Waals surface area contributed by atoms with Gasteiger partial charge < -0.3 is 15.2 Å². The minimum absolute atomic E-state index is 0. The predicted octanol–water partition coefficient (Wildman–Crippen LogP) is 2.36. The fourth-order valence-corrected chi connectivity index (χ4v) is 1.91. The lowest BCUT2D eigenvalue weighted by Crippen LogP contribution is -2.32. The Kier molecular flexibility index (Phi) is 13.8. The van der Waals surface area contributed by atoms with E-state index in [0.29, 0.717) is 25.4 Å². The Hall–Kier alpha value is -0.780. The minimum atomic E-state index is 0. The maximum absolute atomic E-state index is 11.7. The molecule has 0 spiro atoms. The summed E-state index contributed by atoms with van der Waals surface area (Å²) in [5.41, 5.74) is 0. The SMILES string of the molecule is CCCNCCNC(=O)CCn1ccnc1C(C)C.Cl.Cl. The number of nitrogens with zero attached hydrogens (tertiary/aromatic N) is 2. The molecule has 1 heterocycles. The standard InChI is InChI=1S/C14H26N4O.2ClH/c1-4-6-15-7-8-16-13(19)5-10-18-11-9-17-14(18)12(2)3;;/h9,11-12,15H,4-8,10H2,1-3H3,(H,16,19);2*1H. The predicted molar refractivity (Wildman–Crippen MR) is 91.6 cm³/mol. The van der Waals surface area contributed by atoms with E-state index in [9.17, 15) is 4.79 Å². The molecule has 0 saturated heterocycles. The number of imidazole rings is 1. The molecule has 0 radical (unpaired) electrons. The maximum atomic E-state index is 11.7. The van der Waals surface area contributed by atoms with Crippen LogP contribution in [-0.2, 0) is 11.3 Å². The second-order valence-corrected chi connectivity index (χ2v) is 4.98. The number of nitrogens with one attached hydrogen (secondary N) is 2. The highest BCUT2D eigenvalue weighted by atomic mass is 35.5. The van der Waals surface area contributed by atoms with E-state index in [-0.39, 0.29) is 30.7 Å². The lowest BCUT2D eigenvalue weighted by Gasteiger charge is -2.10. The first-order valence-electron chi connectivity index (χ1n) is 7.13. The second kappa shape index (κ2) is 12.9. The molecule has 0 aromatic carbocycles. The number of carbonyl (C=O) groups excluding carboxylic acids is 1. The van der Waals surface area contributed by atoms with Crippen molar-refractivity contribution in [2.75, 3.05) is 19.6 Å². The van der Waals surface area contributed by atoms with E-state index in [2.05, 4.69) is 41.0 Å². The van der Waals surface area contributed by atoms with Crippen LogP contribution in [0.1, 0.15) is 45.4 Å². The number of halogens is 2. The van der Waals surface area contributed by atoms with E-state index in [1.165, 1.54) is 0 Å². The van der Waals surface area contributed by atoms with Gasteiger partial charge in [-0.3, -0.25) is 4.79 Å². The molecule has 2 N–H and O–H groups in total. The fraction of sp³-hybridized carbons (Fsp3) is 0.714. The van der Waals surface area contributed by atoms with Crippen LogP contribution in [0.2, 0.25) is 0 Å². The molecule has 124 valence electrons. The Labute approximate surface area is 140 Å². The Balaban J connectivity index is 0. The van der Waals surface area contributed by atoms with Gasteiger partial charge in [0.25, 0.3) is 0 Å². The molecule has 7 heteroatoms. The van der Waals surface area contributed by atoms with Crippen molar-refractivity contribution in [2.45, 2.75) is 46.1 Å². The van der Waals surface area contributed by atoms with Gasteiger partial charge in [0.15, 0.2) is 0 Å². The zero-order valence-corrected chi connectivity index (χ0v) is 14.7. The summed E-state index contributed by atoms with van der Waals surface area (Å²) in [7, 11) is 0. The van der Waals surface area contributed by atoms with Crippen LogP contribution in [0.3, 0.4) is 0 Å². The van der Waals surface area contributed by atoms with Crippen LogP contribution in [0.5, 0.6) is 0 Å². The third kappa shape index (κ3) is 8.96. The molecular formula is C14H28Cl2N4O. The van der Waals surface area contributed by atoms with Gasteiger partial charge in [0.2, 0.25) is 5.91 Å². The zero-order valence-electron chi connectivity index (χ0n) is 13.1. The smallest absolute Gasteiger partial charge is 0.221 e. The van der Waals surface area contributed by atoms with Crippen molar-refractivity contribution in [2.24, 2.45) is 0 Å². The molecule has 21 heavy (non-hydrogen) atoms. The van der Waals surface area contributed by atoms with E-state index in [1.807, 2.05) is 6.20 Å². The molecule has 0 atom stereocenters. The quantitative estimate of drug-likeness (QED) is 0.679. The van der Waals surface area contributed by atoms with Crippen molar-refractivity contribution in [3.63, 3.8) is 0 Å². The van der Waals surface area contributed by atoms with Gasteiger partial charge >= 0.3 is 0 Å². The van der Waals surface area contributed by atoms with Crippen LogP contribution in [-0.4, -0.2) is 35.1 Å². The third-order valence-electron chi connectivity index (χ3n) is 2.89. The average molecular weight is 339 g/mol. The topological polar surface area (TPSA) is 58.9 Å². The van der Waals surface area contributed by atoms with Crippen LogP contribution in [0.25, 0.3) is 0 Å². The molecule has 0 fully saturated rings. The molecule has 1 amide bonds. The summed E-state index contributed by atoms with van der Waals surface area (Å²) in [6.45, 7) is 9.58. The van der Waals surface area contributed by atoms with Gasteiger partial charge in [0, 0.05) is 44.4 Å². The maximum Gasteiger partial charge on any atom is 0.221 e. The zero-order chi connectivity index (χ0) is 14.1. The van der Waals surface area contributed by atoms with Crippen molar-refractivity contribution in [3.05, 3.63) is 18.2 Å². The number of aryl methyl sites for hydroxylation is 1. The first-order valence-corrected chi connectivity index (χ1v) is 7.13.